The molecule has 2 aromatic rings. The second-order valence-electron chi connectivity index (χ2n) is 5.89. The first-order valence-corrected chi connectivity index (χ1v) is 10.3. The first-order chi connectivity index (χ1) is 13.1. The number of nitrogens with one attached hydrogen (secondary N) is 2. The monoisotopic (exact) mass is 449 g/mol. The fourth-order valence-electron chi connectivity index (χ4n) is 2.50. The number of hydrogen-bond donors (Lipinski definition) is 3. The lowest BCUT2D eigenvalue weighted by atomic mass is 10.1. The number of unbranched alkanes of at least 4 members (excludes halogenated alkanes) is 1. The molecule has 0 saturated carbocycles. The molecule has 0 spiro atoms. The highest BCUT2D eigenvalue weighted by atomic mass is 79.9. The average Bonchev–Trinajstić information content (AvgIpc) is 3.02. The highest BCUT2D eigenvalue weighted by Crippen LogP contribution is 2.17. The smallest absolute Gasteiger partial charge is 0.269 e. The van der Waals surface area contributed by atoms with Crippen LogP contribution in [0, 0.1) is 0 Å². The predicted molar refractivity (Wildman–Crippen MR) is 111 cm³/mol. The Morgan fingerprint density at radius 1 is 1.11 bits per heavy atom. The largest absolute Gasteiger partial charge is 0.397 e. The molecule has 0 radical (unpaired) electrons. The van der Waals surface area contributed by atoms with Gasteiger partial charge >= 0.3 is 0 Å². The normalized spacial score (nSPS) is 16.0. The van der Waals surface area contributed by atoms with Crippen molar-refractivity contribution in [1.82, 2.24) is 20.6 Å². The number of nitrogen functional groups attached to an aromatic ring is 1. The molecule has 1 atom stereocenters. The summed E-state index contributed by atoms with van der Waals surface area (Å²) in [7, 11) is 0. The Bertz CT molecular complexity index is 873. The van der Waals surface area contributed by atoms with E-state index in [2.05, 4.69) is 45.3 Å². The van der Waals surface area contributed by atoms with E-state index in [1.54, 1.807) is 18.6 Å². The summed E-state index contributed by atoms with van der Waals surface area (Å²) in [6.07, 6.45) is 7.85. The van der Waals surface area contributed by atoms with Gasteiger partial charge in [-0.15, -0.1) is 8.80 Å². The van der Waals surface area contributed by atoms with Crippen LogP contribution in [-0.4, -0.2) is 32.4 Å². The molecule has 1 aliphatic rings. The van der Waals surface area contributed by atoms with E-state index in [1.807, 2.05) is 18.2 Å². The van der Waals surface area contributed by atoms with Crippen LogP contribution >= 0.6 is 15.9 Å². The molecule has 0 saturated heterocycles. The minimum absolute atomic E-state index is 0.518. The number of aryl methyl sites for hydroxylation is 1. The molecule has 4 N–H and O–H groups in total. The topological polar surface area (TPSA) is 118 Å². The number of nitrogens with two attached hydrogens (primary N) is 1. The first-order valence-electron chi connectivity index (χ1n) is 8.48. The number of amidine groups is 2. The fraction of sp³-hybridized carbons (Fsp3) is 0.294. The number of halogens is 1. The van der Waals surface area contributed by atoms with E-state index in [9.17, 15) is 4.21 Å². The van der Waals surface area contributed by atoms with E-state index in [0.29, 0.717) is 30.4 Å². The molecule has 0 aliphatic carbocycles. The maximum atomic E-state index is 11.6. The summed E-state index contributed by atoms with van der Waals surface area (Å²) < 4.78 is 20.6. The number of pyridine rings is 2. The fourth-order valence-corrected chi connectivity index (χ4v) is 3.50. The summed E-state index contributed by atoms with van der Waals surface area (Å²) in [6.45, 7) is 1.26. The third kappa shape index (κ3) is 5.83. The summed E-state index contributed by atoms with van der Waals surface area (Å²) in [4.78, 5) is 8.32. The highest BCUT2D eigenvalue weighted by Gasteiger charge is 2.18. The van der Waals surface area contributed by atoms with Crippen molar-refractivity contribution < 1.29 is 4.21 Å². The van der Waals surface area contributed by atoms with Crippen LogP contribution in [0.1, 0.15) is 24.1 Å². The molecule has 8 nitrogen and oxygen atoms in total. The van der Waals surface area contributed by atoms with Gasteiger partial charge in [-0.3, -0.25) is 9.97 Å². The van der Waals surface area contributed by atoms with Crippen LogP contribution in [0.5, 0.6) is 0 Å². The van der Waals surface area contributed by atoms with Crippen LogP contribution in [-0.2, 0) is 24.1 Å². The van der Waals surface area contributed by atoms with Crippen molar-refractivity contribution in [2.24, 2.45) is 8.80 Å². The molecule has 3 rings (SSSR count). The maximum Gasteiger partial charge on any atom is 0.269 e. The number of nitrogens with zero attached hydrogens (tertiary/aromatic N) is 4. The standard InChI is InChI=1S/C17H20BrN7OS/c18-13-9-14(19)15(22-11-13)3-1-2-6-21-16-17(25-27(26)24-16)23-10-12-4-7-20-8-5-12/h4-5,7-9,11H,1-3,6,10,19H2,(H,21,24)(H,23,25). The molecular formula is C17H20BrN7OS. The second kappa shape index (κ2) is 9.56. The van der Waals surface area contributed by atoms with Crippen molar-refractivity contribution in [1.29, 1.82) is 0 Å². The number of rotatable bonds is 7. The molecule has 142 valence electrons. The number of anilines is 1. The first kappa shape index (κ1) is 19.4. The van der Waals surface area contributed by atoms with Gasteiger partial charge in [-0.25, -0.2) is 4.21 Å². The molecule has 0 aromatic carbocycles. The van der Waals surface area contributed by atoms with Crippen LogP contribution in [0.4, 0.5) is 5.69 Å². The molecule has 1 unspecified atom stereocenters. The quantitative estimate of drug-likeness (QED) is 0.555. The summed E-state index contributed by atoms with van der Waals surface area (Å²) in [5.41, 5.74) is 8.62. The van der Waals surface area contributed by atoms with Gasteiger partial charge in [-0.1, -0.05) is 0 Å². The van der Waals surface area contributed by atoms with Crippen LogP contribution in [0.15, 0.2) is 50.1 Å². The van der Waals surface area contributed by atoms with E-state index in [0.717, 1.165) is 35.0 Å². The molecule has 0 amide bonds. The molecule has 1 aliphatic heterocycles. The van der Waals surface area contributed by atoms with Crippen LogP contribution < -0.4 is 16.4 Å². The molecule has 3 heterocycles. The van der Waals surface area contributed by atoms with Gasteiger partial charge in [0.1, 0.15) is 0 Å². The van der Waals surface area contributed by atoms with E-state index < -0.39 is 11.2 Å². The molecule has 2 aromatic heterocycles. The van der Waals surface area contributed by atoms with E-state index in [-0.39, 0.29) is 0 Å². The minimum atomic E-state index is -1.58. The Balaban J connectivity index is 1.42. The van der Waals surface area contributed by atoms with Gasteiger partial charge < -0.3 is 16.4 Å². The third-order valence-corrected chi connectivity index (χ3v) is 4.99. The van der Waals surface area contributed by atoms with Gasteiger partial charge in [0, 0.05) is 36.2 Å². The number of hydrogen-bond acceptors (Lipinski definition) is 6. The molecule has 27 heavy (non-hydrogen) atoms. The van der Waals surface area contributed by atoms with E-state index >= 15 is 0 Å². The third-order valence-electron chi connectivity index (χ3n) is 3.88. The lowest BCUT2D eigenvalue weighted by Crippen LogP contribution is -2.38. The summed E-state index contributed by atoms with van der Waals surface area (Å²) in [5, 5.41) is 6.36. The highest BCUT2D eigenvalue weighted by molar-refractivity contribution is 9.10. The SMILES string of the molecule is Nc1cc(Br)cnc1CCCCNC1=NS(=O)N=C1NCc1ccncc1. The average molecular weight is 450 g/mol. The number of aromatic nitrogens is 2. The minimum Gasteiger partial charge on any atom is -0.397 e. The summed E-state index contributed by atoms with van der Waals surface area (Å²) >= 11 is 1.78. The van der Waals surface area contributed by atoms with Gasteiger partial charge in [0.2, 0.25) is 0 Å². The van der Waals surface area contributed by atoms with Crippen molar-refractivity contribution in [3.05, 3.63) is 52.5 Å². The van der Waals surface area contributed by atoms with E-state index in [1.165, 1.54) is 0 Å². The summed E-state index contributed by atoms with van der Waals surface area (Å²) in [6, 6.07) is 5.68. The zero-order valence-corrected chi connectivity index (χ0v) is 17.0. The van der Waals surface area contributed by atoms with Gasteiger partial charge in [0.15, 0.2) is 11.7 Å². The van der Waals surface area contributed by atoms with Gasteiger partial charge in [0.25, 0.3) is 11.2 Å². The van der Waals surface area contributed by atoms with Crippen molar-refractivity contribution in [3.63, 3.8) is 0 Å². The van der Waals surface area contributed by atoms with Gasteiger partial charge in [-0.2, -0.15) is 0 Å². The van der Waals surface area contributed by atoms with Crippen LogP contribution in [0.3, 0.4) is 0 Å². The Labute approximate surface area is 168 Å². The Kier molecular flexibility index (Phi) is 6.88. The lowest BCUT2D eigenvalue weighted by molar-refractivity contribution is 0.685. The van der Waals surface area contributed by atoms with Crippen molar-refractivity contribution >= 4 is 44.5 Å². The molecular weight excluding hydrogens is 430 g/mol. The van der Waals surface area contributed by atoms with Crippen molar-refractivity contribution in [2.75, 3.05) is 12.3 Å². The van der Waals surface area contributed by atoms with Gasteiger partial charge in [-0.05, 0) is 59.0 Å². The molecule has 0 fully saturated rings. The Morgan fingerprint density at radius 2 is 1.85 bits per heavy atom. The van der Waals surface area contributed by atoms with Crippen molar-refractivity contribution in [3.8, 4) is 0 Å². The summed E-state index contributed by atoms with van der Waals surface area (Å²) in [5.74, 6) is 1.05. The maximum absolute atomic E-state index is 11.6. The van der Waals surface area contributed by atoms with Crippen molar-refractivity contribution in [2.45, 2.75) is 25.8 Å². The zero-order valence-electron chi connectivity index (χ0n) is 14.6. The second-order valence-corrected chi connectivity index (χ2v) is 7.64. The zero-order chi connectivity index (χ0) is 19.1. The molecule has 0 bridgehead atoms. The van der Waals surface area contributed by atoms with E-state index in [4.69, 9.17) is 5.73 Å². The molecule has 10 heteroatoms. The van der Waals surface area contributed by atoms with Crippen LogP contribution in [0.25, 0.3) is 0 Å². The van der Waals surface area contributed by atoms with Gasteiger partial charge in [0.05, 0.1) is 11.4 Å². The van der Waals surface area contributed by atoms with Crippen LogP contribution in [0.2, 0.25) is 0 Å². The Morgan fingerprint density at radius 3 is 2.59 bits per heavy atom. The predicted octanol–water partition coefficient (Wildman–Crippen LogP) is 1.91. The Hall–Kier alpha value is -2.33. The lowest BCUT2D eigenvalue weighted by Gasteiger charge is -2.10.